The molecule has 0 unspecified atom stereocenters. The van der Waals surface area contributed by atoms with Gasteiger partial charge in [0.05, 0.1) is 17.1 Å². The number of piperidine rings is 1. The molecule has 1 fully saturated rings. The molecule has 220 valence electrons. The van der Waals surface area contributed by atoms with Crippen LogP contribution in [0.3, 0.4) is 0 Å². The highest BCUT2D eigenvalue weighted by Crippen LogP contribution is 2.29. The van der Waals surface area contributed by atoms with Gasteiger partial charge < -0.3 is 15.3 Å². The molecule has 0 spiro atoms. The van der Waals surface area contributed by atoms with Crippen molar-refractivity contribution < 1.29 is 35.5 Å². The maximum atomic E-state index is 13.3. The normalized spacial score (nSPS) is 15.5. The lowest BCUT2D eigenvalue weighted by molar-refractivity contribution is 0.102. The maximum absolute atomic E-state index is 13.3. The minimum absolute atomic E-state index is 0.00206. The minimum atomic E-state index is -4.00. The van der Waals surface area contributed by atoms with Crippen molar-refractivity contribution in [2.24, 2.45) is 0 Å². The zero-order valence-electron chi connectivity index (χ0n) is 22.5. The van der Waals surface area contributed by atoms with Gasteiger partial charge in [0.25, 0.3) is 12.0 Å². The van der Waals surface area contributed by atoms with Gasteiger partial charge in [-0.05, 0) is 76.4 Å². The number of aliphatic hydroxyl groups is 1. The molecule has 0 bridgehead atoms. The summed E-state index contributed by atoms with van der Waals surface area (Å²) in [5, 5.41) is 10.8. The molecular weight excluding hydrogens is 568 g/mol. The molecule has 0 saturated carbocycles. The first-order valence-corrected chi connectivity index (χ1v) is 15.4. The minimum Gasteiger partial charge on any atom is -0.395 e. The molecule has 1 atom stereocenters. The number of benzene rings is 1. The fourth-order valence-corrected chi connectivity index (χ4v) is 6.11. The number of aromatic nitrogens is 1. The third-order valence-electron chi connectivity index (χ3n) is 5.93. The lowest BCUT2D eigenvalue weighted by Crippen LogP contribution is -2.40. The Morgan fingerprint density at radius 1 is 1.10 bits per heavy atom. The number of sulfonamides is 2. The topological polar surface area (TPSA) is 158 Å². The summed E-state index contributed by atoms with van der Waals surface area (Å²) in [7, 11) is -7.88. The molecule has 1 aliphatic heterocycles. The monoisotopic (exact) mass is 601 g/mol. The Hall–Kier alpha value is -3.14. The highest BCUT2D eigenvalue weighted by molar-refractivity contribution is 7.93. The van der Waals surface area contributed by atoms with E-state index in [0.717, 1.165) is 0 Å². The standard InChI is InChI=1S/C25H33F2N5O6S2/c1-16(15-33)39(35,36)30-21-9-8-20(23(29-21)32-12-10-17(11-13-32)22(26)27)24(34)28-18-6-5-7-19(14-18)40(37,38)31-25(2,3)4/h5-9,14,16,31,33H,10-13,15H2,1-4H3,(H,28,34)(H,29,30)/t16-/m0/s1. The number of rotatable bonds is 9. The Labute approximate surface area is 232 Å². The molecule has 1 aromatic heterocycles. The molecule has 3 rings (SSSR count). The Bertz CT molecular complexity index is 1490. The second-order valence-corrected chi connectivity index (χ2v) is 14.2. The lowest BCUT2D eigenvalue weighted by Gasteiger charge is -2.30. The van der Waals surface area contributed by atoms with E-state index in [4.69, 9.17) is 0 Å². The molecule has 15 heteroatoms. The van der Waals surface area contributed by atoms with Gasteiger partial charge in [0.15, 0.2) is 0 Å². The van der Waals surface area contributed by atoms with Gasteiger partial charge in [-0.3, -0.25) is 9.52 Å². The molecule has 1 amide bonds. The molecule has 2 aromatic rings. The van der Waals surface area contributed by atoms with E-state index in [0.29, 0.717) is 0 Å². The first-order chi connectivity index (χ1) is 18.5. The average Bonchev–Trinajstić information content (AvgIpc) is 2.86. The first-order valence-electron chi connectivity index (χ1n) is 12.4. The van der Waals surface area contributed by atoms with Crippen LogP contribution in [0.2, 0.25) is 0 Å². The maximum Gasteiger partial charge on any atom is 0.269 e. The van der Waals surface area contributed by atoms with Gasteiger partial charge in [-0.2, -0.15) is 8.78 Å². The van der Waals surface area contributed by atoms with E-state index >= 15 is 0 Å². The smallest absolute Gasteiger partial charge is 0.269 e. The number of anilines is 3. The summed E-state index contributed by atoms with van der Waals surface area (Å²) in [6.07, 6.45) is -1.69. The van der Waals surface area contributed by atoms with E-state index in [9.17, 15) is 35.5 Å². The summed E-state index contributed by atoms with van der Waals surface area (Å²) in [5.41, 5.74) is -0.534. The Morgan fingerprint density at radius 3 is 2.33 bits per heavy atom. The Morgan fingerprint density at radius 2 is 1.75 bits per heavy atom. The van der Waals surface area contributed by atoms with E-state index in [1.807, 2.05) is 0 Å². The number of nitrogens with zero attached hydrogens (tertiary/aromatic N) is 2. The van der Waals surface area contributed by atoms with Crippen molar-refractivity contribution >= 4 is 43.3 Å². The molecule has 2 heterocycles. The third kappa shape index (κ3) is 7.96. The van der Waals surface area contributed by atoms with Crippen LogP contribution in [-0.2, 0) is 20.0 Å². The van der Waals surface area contributed by atoms with Gasteiger partial charge in [-0.1, -0.05) is 6.07 Å². The summed E-state index contributed by atoms with van der Waals surface area (Å²) in [6, 6.07) is 8.25. The second-order valence-electron chi connectivity index (χ2n) is 10.4. The van der Waals surface area contributed by atoms with E-state index in [2.05, 4.69) is 19.7 Å². The van der Waals surface area contributed by atoms with Crippen LogP contribution < -0.4 is 19.7 Å². The second kappa shape index (κ2) is 12.2. The van der Waals surface area contributed by atoms with Crippen molar-refractivity contribution in [2.75, 3.05) is 34.6 Å². The van der Waals surface area contributed by atoms with E-state index in [1.54, 1.807) is 25.7 Å². The fourth-order valence-electron chi connectivity index (χ4n) is 3.85. The van der Waals surface area contributed by atoms with Crippen molar-refractivity contribution in [1.82, 2.24) is 9.71 Å². The molecule has 4 N–H and O–H groups in total. The van der Waals surface area contributed by atoms with E-state index in [-0.39, 0.29) is 59.3 Å². The number of amides is 1. The van der Waals surface area contributed by atoms with Crippen LogP contribution >= 0.6 is 0 Å². The first kappa shape index (κ1) is 31.4. The van der Waals surface area contributed by atoms with Gasteiger partial charge in [0, 0.05) is 24.3 Å². The number of hydrogen-bond acceptors (Lipinski definition) is 8. The molecule has 1 aliphatic rings. The molecular formula is C25H33F2N5O6S2. The number of hydrogen-bond donors (Lipinski definition) is 4. The Kier molecular flexibility index (Phi) is 9.54. The van der Waals surface area contributed by atoms with E-state index < -0.39 is 49.4 Å². The summed E-state index contributed by atoms with van der Waals surface area (Å²) in [5.74, 6) is -0.728. The molecule has 0 aliphatic carbocycles. The summed E-state index contributed by atoms with van der Waals surface area (Å²) in [4.78, 5) is 19.2. The van der Waals surface area contributed by atoms with Gasteiger partial charge in [-0.25, -0.2) is 26.5 Å². The van der Waals surface area contributed by atoms with Crippen LogP contribution in [-0.4, -0.2) is 63.3 Å². The highest BCUT2D eigenvalue weighted by Gasteiger charge is 2.27. The number of aliphatic hydroxyl groups excluding tert-OH is 1. The van der Waals surface area contributed by atoms with Crippen molar-refractivity contribution in [3.8, 4) is 0 Å². The van der Waals surface area contributed by atoms with Crippen molar-refractivity contribution in [2.45, 2.75) is 56.2 Å². The van der Waals surface area contributed by atoms with Crippen molar-refractivity contribution in [1.29, 1.82) is 0 Å². The zero-order valence-corrected chi connectivity index (χ0v) is 24.2. The molecule has 11 nitrogen and oxygen atoms in total. The summed E-state index contributed by atoms with van der Waals surface area (Å²) < 4.78 is 81.4. The quantitative estimate of drug-likeness (QED) is 0.341. The van der Waals surface area contributed by atoms with Crippen LogP contribution in [0.4, 0.5) is 26.1 Å². The van der Waals surface area contributed by atoms with Crippen LogP contribution in [0.1, 0.15) is 50.9 Å². The third-order valence-corrected chi connectivity index (χ3v) is 9.39. The number of pyridine rings is 1. The van der Waals surface area contributed by atoms with Crippen molar-refractivity contribution in [3.63, 3.8) is 0 Å². The largest absolute Gasteiger partial charge is 0.395 e. The Balaban J connectivity index is 1.95. The highest BCUT2D eigenvalue weighted by atomic mass is 32.2. The van der Waals surface area contributed by atoms with E-state index in [1.165, 1.54) is 43.3 Å². The molecule has 1 saturated heterocycles. The predicted molar refractivity (Wildman–Crippen MR) is 148 cm³/mol. The van der Waals surface area contributed by atoms with Gasteiger partial charge in [0.1, 0.15) is 16.9 Å². The molecule has 1 aromatic carbocycles. The number of halogens is 2. The fraction of sp³-hybridized carbons (Fsp3) is 0.440. The predicted octanol–water partition coefficient (Wildman–Crippen LogP) is 3.28. The van der Waals surface area contributed by atoms with Gasteiger partial charge in [0.2, 0.25) is 20.0 Å². The SMILES string of the molecule is C[C@@H](CO)S(=O)(=O)Nc1ccc(C(=O)Nc2cccc(S(=O)(=O)NC(C)(C)C)c2)c(N2CCC(=C(F)F)CC2)n1. The number of carbonyl (C=O) groups is 1. The van der Waals surface area contributed by atoms with Gasteiger partial charge in [-0.15, -0.1) is 0 Å². The number of nitrogens with one attached hydrogen (secondary N) is 3. The summed E-state index contributed by atoms with van der Waals surface area (Å²) >= 11 is 0. The van der Waals surface area contributed by atoms with Crippen LogP contribution in [0.15, 0.2) is 52.9 Å². The number of carbonyl (C=O) groups excluding carboxylic acids is 1. The summed E-state index contributed by atoms with van der Waals surface area (Å²) in [6.45, 7) is 5.98. The lowest BCUT2D eigenvalue weighted by atomic mass is 10.0. The van der Waals surface area contributed by atoms with Crippen LogP contribution in [0.25, 0.3) is 0 Å². The van der Waals surface area contributed by atoms with Crippen LogP contribution in [0.5, 0.6) is 0 Å². The molecule has 40 heavy (non-hydrogen) atoms. The van der Waals surface area contributed by atoms with Crippen LogP contribution in [0, 0.1) is 0 Å². The molecule has 0 radical (unpaired) electrons. The zero-order chi connectivity index (χ0) is 29.9. The average molecular weight is 602 g/mol. The van der Waals surface area contributed by atoms with Gasteiger partial charge >= 0.3 is 0 Å². The van der Waals surface area contributed by atoms with Crippen molar-refractivity contribution in [3.05, 3.63) is 53.6 Å².